The van der Waals surface area contributed by atoms with Crippen molar-refractivity contribution in [2.24, 2.45) is 0 Å². The summed E-state index contributed by atoms with van der Waals surface area (Å²) in [7, 11) is 0. The Bertz CT molecular complexity index is 2880. The number of nitrogen functional groups attached to an aromatic ring is 2. The molecule has 0 saturated heterocycles. The van der Waals surface area contributed by atoms with Crippen molar-refractivity contribution in [3.63, 3.8) is 0 Å². The minimum absolute atomic E-state index is 0.0669. The van der Waals surface area contributed by atoms with Gasteiger partial charge in [-0.2, -0.15) is 26.3 Å². The van der Waals surface area contributed by atoms with Gasteiger partial charge in [-0.3, -0.25) is 24.2 Å². The van der Waals surface area contributed by atoms with Crippen molar-refractivity contribution in [3.8, 4) is 0 Å². The molecule has 0 saturated carbocycles. The second kappa shape index (κ2) is 20.0. The maximum Gasteiger partial charge on any atom is 0.416 e. The van der Waals surface area contributed by atoms with E-state index in [1.54, 1.807) is 77.7 Å². The van der Waals surface area contributed by atoms with Crippen molar-refractivity contribution in [1.82, 2.24) is 25.3 Å². The lowest BCUT2D eigenvalue weighted by atomic mass is 9.95. The molecule has 0 bridgehead atoms. The molecule has 7 amide bonds. The van der Waals surface area contributed by atoms with Crippen LogP contribution in [0.4, 0.5) is 58.7 Å². The second-order valence-electron chi connectivity index (χ2n) is 17.9. The molecule has 4 heterocycles. The number of anilines is 4. The molecule has 0 unspecified atom stereocenters. The van der Waals surface area contributed by atoms with E-state index in [1.807, 2.05) is 0 Å². The molecule has 0 radical (unpaired) electrons. The third-order valence-corrected chi connectivity index (χ3v) is 13.8. The number of benzene rings is 5. The number of nitrogens with zero attached hydrogens (tertiary/aromatic N) is 5. The summed E-state index contributed by atoms with van der Waals surface area (Å²) in [4.78, 5) is 77.6. The Labute approximate surface area is 423 Å². The van der Waals surface area contributed by atoms with Crippen molar-refractivity contribution < 1.29 is 50.3 Å². The number of rotatable bonds is 14. The summed E-state index contributed by atoms with van der Waals surface area (Å²) in [5, 5.41) is 6.15. The molecular formula is C52H46BrF6N9O5. The third kappa shape index (κ3) is 10.2. The molecule has 378 valence electrons. The first kappa shape index (κ1) is 50.1. The maximum absolute atomic E-state index is 14.4. The van der Waals surface area contributed by atoms with Crippen molar-refractivity contribution in [1.29, 1.82) is 0 Å². The van der Waals surface area contributed by atoms with Crippen LogP contribution in [0.5, 0.6) is 0 Å². The Morgan fingerprint density at radius 3 is 1.40 bits per heavy atom. The molecule has 14 nitrogen and oxygen atoms in total. The summed E-state index contributed by atoms with van der Waals surface area (Å²) in [6, 6.07) is 25.1. The summed E-state index contributed by atoms with van der Waals surface area (Å²) in [6.45, 7) is 0.0767. The Hall–Kier alpha value is -7.81. The molecule has 5 aromatic rings. The van der Waals surface area contributed by atoms with E-state index in [4.69, 9.17) is 11.5 Å². The molecular weight excluding hydrogens is 1020 g/mol. The molecule has 2 atom stereocenters. The number of carbonyl (C=O) groups excluding carboxylic acids is 5. The van der Waals surface area contributed by atoms with Crippen LogP contribution in [0.1, 0.15) is 63.1 Å². The number of amides is 7. The number of nitrogens with two attached hydrogens (primary N) is 2. The van der Waals surface area contributed by atoms with Gasteiger partial charge in [0, 0.05) is 48.4 Å². The van der Waals surface area contributed by atoms with Gasteiger partial charge < -0.3 is 36.8 Å². The van der Waals surface area contributed by atoms with Gasteiger partial charge in [0.1, 0.15) is 0 Å². The van der Waals surface area contributed by atoms with Gasteiger partial charge in [-0.15, -0.1) is 0 Å². The monoisotopic (exact) mass is 1070 g/mol. The molecule has 0 fully saturated rings. The lowest BCUT2D eigenvalue weighted by Gasteiger charge is -2.34. The minimum Gasteiger partial charge on any atom is -0.399 e. The average Bonchev–Trinajstić information content (AvgIpc) is 3.87. The van der Waals surface area contributed by atoms with Crippen LogP contribution in [0.25, 0.3) is 0 Å². The molecule has 4 aliphatic rings. The normalized spacial score (nSPS) is 18.1. The highest BCUT2D eigenvalue weighted by molar-refractivity contribution is 9.08. The van der Waals surface area contributed by atoms with E-state index in [2.05, 4.69) is 26.6 Å². The van der Waals surface area contributed by atoms with Crippen LogP contribution in [-0.4, -0.2) is 83.8 Å². The van der Waals surface area contributed by atoms with Crippen molar-refractivity contribution in [2.75, 3.05) is 60.5 Å². The predicted octanol–water partition coefficient (Wildman–Crippen LogP) is 9.14. The summed E-state index contributed by atoms with van der Waals surface area (Å²) in [5.74, 6) is -1.28. The number of halogens is 7. The smallest absolute Gasteiger partial charge is 0.399 e. The van der Waals surface area contributed by atoms with E-state index in [0.29, 0.717) is 33.4 Å². The van der Waals surface area contributed by atoms with Crippen LogP contribution >= 0.6 is 15.9 Å². The maximum atomic E-state index is 14.4. The lowest BCUT2D eigenvalue weighted by Crippen LogP contribution is -2.47. The molecule has 0 aliphatic carbocycles. The highest BCUT2D eigenvalue weighted by Crippen LogP contribution is 2.42. The zero-order valence-corrected chi connectivity index (χ0v) is 40.2. The van der Waals surface area contributed by atoms with Crippen LogP contribution in [0.2, 0.25) is 0 Å². The van der Waals surface area contributed by atoms with Crippen LogP contribution in [0.15, 0.2) is 144 Å². The van der Waals surface area contributed by atoms with Gasteiger partial charge in [-0.05, 0) is 102 Å². The first-order valence-corrected chi connectivity index (χ1v) is 24.2. The number of nitrogens with one attached hydrogen (secondary N) is 2. The van der Waals surface area contributed by atoms with Crippen LogP contribution < -0.4 is 31.9 Å². The SMILES string of the molecule is Nc1ccc([C@H]2NC(=O)N(c3cccc(C(F)(F)F)c3)C3=C2C(=O)N(CCCN(CCCN2CC4=C(C2=O)[C@@H](c2ccc(N)cc2)NC(=O)N4c2cccc(C(F)(F)F)c2)C(=O)c2ccc(CBr)cc2)C3)cc1. The van der Waals surface area contributed by atoms with Crippen LogP contribution in [0.3, 0.4) is 0 Å². The summed E-state index contributed by atoms with van der Waals surface area (Å²) in [6.07, 6.45) is -8.98. The van der Waals surface area contributed by atoms with Gasteiger partial charge in [0.2, 0.25) is 0 Å². The fraction of sp³-hybridized carbons (Fsp3) is 0.250. The van der Waals surface area contributed by atoms with E-state index in [-0.39, 0.29) is 91.9 Å². The summed E-state index contributed by atoms with van der Waals surface area (Å²) in [5.41, 5.74) is 13.6. The minimum atomic E-state index is -4.71. The summed E-state index contributed by atoms with van der Waals surface area (Å²) >= 11 is 3.42. The zero-order valence-electron chi connectivity index (χ0n) is 38.6. The van der Waals surface area contributed by atoms with Gasteiger partial charge in [0.25, 0.3) is 17.7 Å². The van der Waals surface area contributed by atoms with Gasteiger partial charge in [-0.25, -0.2) is 9.59 Å². The number of alkyl halides is 7. The molecule has 21 heteroatoms. The average molecular weight is 1070 g/mol. The summed E-state index contributed by atoms with van der Waals surface area (Å²) < 4.78 is 83.3. The highest BCUT2D eigenvalue weighted by Gasteiger charge is 2.47. The molecule has 73 heavy (non-hydrogen) atoms. The lowest BCUT2D eigenvalue weighted by molar-refractivity contribution is -0.138. The Kier molecular flexibility index (Phi) is 13.7. The zero-order chi connectivity index (χ0) is 51.9. The second-order valence-corrected chi connectivity index (χ2v) is 18.4. The van der Waals surface area contributed by atoms with E-state index < -0.39 is 59.4 Å². The molecule has 9 rings (SSSR count). The number of carbonyl (C=O) groups is 5. The highest BCUT2D eigenvalue weighted by atomic mass is 79.9. The van der Waals surface area contributed by atoms with Crippen molar-refractivity contribution in [3.05, 3.63) is 177 Å². The van der Waals surface area contributed by atoms with Gasteiger partial charge >= 0.3 is 24.4 Å². The molecule has 4 aliphatic heterocycles. The van der Waals surface area contributed by atoms with E-state index in [0.717, 1.165) is 39.6 Å². The fourth-order valence-corrected chi connectivity index (χ4v) is 9.93. The molecule has 5 aromatic carbocycles. The molecule has 0 aromatic heterocycles. The Morgan fingerprint density at radius 1 is 0.603 bits per heavy atom. The standard InChI is InChI=1S/C52H46BrF6N9O5/c53-27-30-9-11-33(12-10-30)46(69)64(21-3-23-65-28-40-42(47(65)70)44(31-13-17-36(60)18-14-31)62-49(72)67(40)38-7-1-5-34(25-38)51(54,55)56)22-4-24-66-29-41-43(48(66)71)45(32-15-19-37(61)20-16-32)63-50(73)68(41)39-8-2-6-35(26-39)52(57,58)59/h1-2,5-20,25-26,44-45H,3-4,21-24,27-29,60-61H2,(H,62,72)(H,63,73)/t44-,45-/m1/s1. The topological polar surface area (TPSA) is 178 Å². The van der Waals surface area contributed by atoms with Crippen LogP contribution in [-0.2, 0) is 27.3 Å². The first-order chi connectivity index (χ1) is 34.8. The predicted molar refractivity (Wildman–Crippen MR) is 264 cm³/mol. The largest absolute Gasteiger partial charge is 0.416 e. The van der Waals surface area contributed by atoms with Gasteiger partial charge in [-0.1, -0.05) is 64.5 Å². The van der Waals surface area contributed by atoms with Crippen molar-refractivity contribution in [2.45, 2.75) is 42.6 Å². The van der Waals surface area contributed by atoms with Crippen LogP contribution in [0, 0.1) is 0 Å². The Balaban J connectivity index is 0.946. The van der Waals surface area contributed by atoms with Gasteiger partial charge in [0.15, 0.2) is 0 Å². The third-order valence-electron chi connectivity index (χ3n) is 13.2. The van der Waals surface area contributed by atoms with E-state index in [1.165, 1.54) is 34.1 Å². The Morgan fingerprint density at radius 2 is 1.01 bits per heavy atom. The van der Waals surface area contributed by atoms with Gasteiger partial charge in [0.05, 0.1) is 70.2 Å². The number of hydrogen-bond acceptors (Lipinski definition) is 7. The first-order valence-electron chi connectivity index (χ1n) is 23.1. The molecule has 0 spiro atoms. The number of urea groups is 2. The van der Waals surface area contributed by atoms with Crippen molar-refractivity contribution >= 4 is 68.5 Å². The van der Waals surface area contributed by atoms with E-state index >= 15 is 0 Å². The molecule has 6 N–H and O–H groups in total. The van der Waals surface area contributed by atoms with E-state index in [9.17, 15) is 50.3 Å². The quantitative estimate of drug-likeness (QED) is 0.0487. The fourth-order valence-electron chi connectivity index (χ4n) is 9.56. The number of hydrogen-bond donors (Lipinski definition) is 4.